The number of hydrogen-bond acceptors (Lipinski definition) is 1. The van der Waals surface area contributed by atoms with Gasteiger partial charge >= 0.3 is 0 Å². The van der Waals surface area contributed by atoms with Crippen molar-refractivity contribution in [1.82, 2.24) is 0 Å². The van der Waals surface area contributed by atoms with Crippen molar-refractivity contribution in [2.24, 2.45) is 0 Å². The Balaban J connectivity index is 3.08. The molecular weight excluding hydrogens is 174 g/mol. The number of carbonyl (C=O) groups is 1. The minimum Gasteiger partial charge on any atom is -0.307 e. The van der Waals surface area contributed by atoms with Crippen LogP contribution in [0.1, 0.15) is 27.7 Å². The standard InChI is InChI=1S/C12H17NO/c1-10(14)13(12(2,3)4)11-8-6-5-7-9-11/h5-9H,1-4H3. The number of nitrogens with zero attached hydrogens (tertiary/aromatic N) is 1. The maximum atomic E-state index is 11.5. The largest absolute Gasteiger partial charge is 0.307 e. The molecule has 0 N–H and O–H groups in total. The molecule has 0 aliphatic carbocycles. The minimum absolute atomic E-state index is 0.0729. The van der Waals surface area contributed by atoms with Crippen LogP contribution < -0.4 is 4.90 Å². The molecule has 76 valence electrons. The summed E-state index contributed by atoms with van der Waals surface area (Å²) in [6.07, 6.45) is 0. The predicted octanol–water partition coefficient (Wildman–Crippen LogP) is 2.84. The highest BCUT2D eigenvalue weighted by Crippen LogP contribution is 2.23. The second-order valence-corrected chi connectivity index (χ2v) is 4.36. The highest BCUT2D eigenvalue weighted by Gasteiger charge is 2.24. The SMILES string of the molecule is CC(=O)N(c1ccccc1)C(C)(C)C. The van der Waals surface area contributed by atoms with Gasteiger partial charge in [-0.2, -0.15) is 0 Å². The Morgan fingerprint density at radius 3 is 2.00 bits per heavy atom. The zero-order chi connectivity index (χ0) is 10.8. The summed E-state index contributed by atoms with van der Waals surface area (Å²) in [5.41, 5.74) is 0.778. The first-order chi connectivity index (χ1) is 6.43. The summed E-state index contributed by atoms with van der Waals surface area (Å²) in [6.45, 7) is 7.68. The first kappa shape index (κ1) is 10.8. The Kier molecular flexibility index (Phi) is 2.94. The predicted molar refractivity (Wildman–Crippen MR) is 59.4 cm³/mol. The van der Waals surface area contributed by atoms with Gasteiger partial charge in [-0.15, -0.1) is 0 Å². The van der Waals surface area contributed by atoms with E-state index < -0.39 is 0 Å². The van der Waals surface area contributed by atoms with E-state index >= 15 is 0 Å². The van der Waals surface area contributed by atoms with E-state index in [0.717, 1.165) is 5.69 Å². The summed E-state index contributed by atoms with van der Waals surface area (Å²) in [5.74, 6) is 0.0729. The lowest BCUT2D eigenvalue weighted by Crippen LogP contribution is -2.44. The van der Waals surface area contributed by atoms with Crippen LogP contribution in [0.2, 0.25) is 0 Å². The zero-order valence-electron chi connectivity index (χ0n) is 9.24. The maximum absolute atomic E-state index is 11.5. The molecule has 0 aliphatic heterocycles. The van der Waals surface area contributed by atoms with Crippen molar-refractivity contribution >= 4 is 11.6 Å². The molecule has 0 unspecified atom stereocenters. The Hall–Kier alpha value is -1.31. The van der Waals surface area contributed by atoms with Crippen molar-refractivity contribution in [3.8, 4) is 0 Å². The van der Waals surface area contributed by atoms with E-state index in [1.54, 1.807) is 11.8 Å². The molecule has 2 heteroatoms. The van der Waals surface area contributed by atoms with Gasteiger partial charge in [-0.05, 0) is 32.9 Å². The smallest absolute Gasteiger partial charge is 0.224 e. The normalized spacial score (nSPS) is 11.1. The molecule has 0 saturated carbocycles. The van der Waals surface area contributed by atoms with E-state index in [2.05, 4.69) is 0 Å². The van der Waals surface area contributed by atoms with E-state index in [0.29, 0.717) is 0 Å². The molecule has 1 rings (SSSR count). The van der Waals surface area contributed by atoms with Gasteiger partial charge in [-0.25, -0.2) is 0 Å². The van der Waals surface area contributed by atoms with Crippen LogP contribution in [0, 0.1) is 0 Å². The molecule has 0 radical (unpaired) electrons. The Morgan fingerprint density at radius 2 is 1.64 bits per heavy atom. The highest BCUT2D eigenvalue weighted by atomic mass is 16.2. The number of benzene rings is 1. The fourth-order valence-corrected chi connectivity index (χ4v) is 1.62. The topological polar surface area (TPSA) is 20.3 Å². The van der Waals surface area contributed by atoms with Gasteiger partial charge in [0, 0.05) is 18.2 Å². The van der Waals surface area contributed by atoms with Gasteiger partial charge < -0.3 is 4.90 Å². The molecule has 14 heavy (non-hydrogen) atoms. The third kappa shape index (κ3) is 2.34. The van der Waals surface area contributed by atoms with E-state index in [4.69, 9.17) is 0 Å². The molecule has 0 atom stereocenters. The molecule has 1 aromatic rings. The summed E-state index contributed by atoms with van der Waals surface area (Å²) in [5, 5.41) is 0. The van der Waals surface area contributed by atoms with E-state index in [1.165, 1.54) is 0 Å². The number of hydrogen-bond donors (Lipinski definition) is 0. The molecule has 2 nitrogen and oxygen atoms in total. The molecule has 0 saturated heterocycles. The third-order valence-corrected chi connectivity index (χ3v) is 2.00. The number of amides is 1. The van der Waals surface area contributed by atoms with Crippen LogP contribution in [0.25, 0.3) is 0 Å². The average Bonchev–Trinajstić information content (AvgIpc) is 2.02. The fourth-order valence-electron chi connectivity index (χ4n) is 1.62. The van der Waals surface area contributed by atoms with Gasteiger partial charge in [-0.3, -0.25) is 4.79 Å². The van der Waals surface area contributed by atoms with Gasteiger partial charge in [0.1, 0.15) is 0 Å². The molecule has 0 aromatic heterocycles. The van der Waals surface area contributed by atoms with Crippen LogP contribution >= 0.6 is 0 Å². The minimum atomic E-state index is -0.173. The summed E-state index contributed by atoms with van der Waals surface area (Å²) in [6, 6.07) is 9.73. The lowest BCUT2D eigenvalue weighted by Gasteiger charge is -2.34. The summed E-state index contributed by atoms with van der Waals surface area (Å²) < 4.78 is 0. The van der Waals surface area contributed by atoms with Gasteiger partial charge in [0.05, 0.1) is 0 Å². The second kappa shape index (κ2) is 3.82. The molecule has 1 amide bonds. The van der Waals surface area contributed by atoms with Gasteiger partial charge in [-0.1, -0.05) is 18.2 Å². The highest BCUT2D eigenvalue weighted by molar-refractivity contribution is 5.92. The van der Waals surface area contributed by atoms with Gasteiger partial charge in [0.25, 0.3) is 0 Å². The van der Waals surface area contributed by atoms with Crippen molar-refractivity contribution in [3.05, 3.63) is 30.3 Å². The molecule has 1 aromatic carbocycles. The summed E-state index contributed by atoms with van der Waals surface area (Å²) >= 11 is 0. The van der Waals surface area contributed by atoms with Crippen LogP contribution in [-0.4, -0.2) is 11.4 Å². The summed E-state index contributed by atoms with van der Waals surface area (Å²) in [4.78, 5) is 13.3. The lowest BCUT2D eigenvalue weighted by atomic mass is 10.0. The van der Waals surface area contributed by atoms with Gasteiger partial charge in [0.2, 0.25) is 5.91 Å². The quantitative estimate of drug-likeness (QED) is 0.668. The summed E-state index contributed by atoms with van der Waals surface area (Å²) in [7, 11) is 0. The Labute approximate surface area is 85.5 Å². The van der Waals surface area contributed by atoms with E-state index in [-0.39, 0.29) is 11.4 Å². The van der Waals surface area contributed by atoms with Crippen molar-refractivity contribution in [2.75, 3.05) is 4.90 Å². The van der Waals surface area contributed by atoms with E-state index in [9.17, 15) is 4.79 Å². The van der Waals surface area contributed by atoms with Crippen molar-refractivity contribution in [2.45, 2.75) is 33.2 Å². The fraction of sp³-hybridized carbons (Fsp3) is 0.417. The number of anilines is 1. The Bertz CT molecular complexity index is 311. The van der Waals surface area contributed by atoms with Crippen LogP contribution in [0.3, 0.4) is 0 Å². The number of carbonyl (C=O) groups excluding carboxylic acids is 1. The van der Waals surface area contributed by atoms with Crippen LogP contribution in [0.4, 0.5) is 5.69 Å². The molecule has 0 aliphatic rings. The van der Waals surface area contributed by atoms with Gasteiger partial charge in [0.15, 0.2) is 0 Å². The molecule has 0 heterocycles. The average molecular weight is 191 g/mol. The first-order valence-corrected chi connectivity index (χ1v) is 4.79. The van der Waals surface area contributed by atoms with E-state index in [1.807, 2.05) is 51.1 Å². The third-order valence-electron chi connectivity index (χ3n) is 2.00. The molecule has 0 spiro atoms. The molecule has 0 bridgehead atoms. The Morgan fingerprint density at radius 1 is 1.14 bits per heavy atom. The van der Waals surface area contributed by atoms with Crippen molar-refractivity contribution < 1.29 is 4.79 Å². The first-order valence-electron chi connectivity index (χ1n) is 4.79. The number of para-hydroxylation sites is 1. The van der Waals surface area contributed by atoms with Crippen LogP contribution in [-0.2, 0) is 4.79 Å². The van der Waals surface area contributed by atoms with Crippen molar-refractivity contribution in [3.63, 3.8) is 0 Å². The molecular formula is C12H17NO. The van der Waals surface area contributed by atoms with Crippen molar-refractivity contribution in [1.29, 1.82) is 0 Å². The van der Waals surface area contributed by atoms with Crippen LogP contribution in [0.15, 0.2) is 30.3 Å². The number of rotatable bonds is 1. The zero-order valence-corrected chi connectivity index (χ0v) is 9.24. The molecule has 0 fully saturated rings. The second-order valence-electron chi connectivity index (χ2n) is 4.36. The lowest BCUT2D eigenvalue weighted by molar-refractivity contribution is -0.117. The maximum Gasteiger partial charge on any atom is 0.224 e. The van der Waals surface area contributed by atoms with Crippen LogP contribution in [0.5, 0.6) is 0 Å². The monoisotopic (exact) mass is 191 g/mol.